The standard InChI is InChI=1S/C15H22IN3O2/c1-11(2)9-18(10-12-4-3-7-17-12)13-5-6-15(19(20)21)14(16)8-13/h5-6,8,11-12,17H,3-4,7,9-10H2,1-2H3. The van der Waals surface area contributed by atoms with E-state index in [0.717, 1.165) is 25.3 Å². The monoisotopic (exact) mass is 403 g/mol. The molecule has 6 heteroatoms. The Morgan fingerprint density at radius 2 is 2.29 bits per heavy atom. The number of nitro groups is 1. The molecule has 21 heavy (non-hydrogen) atoms. The van der Waals surface area contributed by atoms with E-state index < -0.39 is 0 Å². The van der Waals surface area contributed by atoms with Crippen molar-refractivity contribution in [1.82, 2.24) is 5.32 Å². The van der Waals surface area contributed by atoms with Crippen LogP contribution in [0.5, 0.6) is 0 Å². The van der Waals surface area contributed by atoms with Gasteiger partial charge in [-0.15, -0.1) is 0 Å². The van der Waals surface area contributed by atoms with Crippen LogP contribution < -0.4 is 10.2 Å². The lowest BCUT2D eigenvalue weighted by Crippen LogP contribution is -2.39. The third kappa shape index (κ3) is 4.54. The van der Waals surface area contributed by atoms with Crippen molar-refractivity contribution in [3.05, 3.63) is 31.9 Å². The molecule has 116 valence electrons. The van der Waals surface area contributed by atoms with Crippen LogP contribution in [0.1, 0.15) is 26.7 Å². The van der Waals surface area contributed by atoms with Crippen LogP contribution in [0, 0.1) is 19.6 Å². The van der Waals surface area contributed by atoms with Crippen LogP contribution in [0.3, 0.4) is 0 Å². The van der Waals surface area contributed by atoms with Crippen molar-refractivity contribution < 1.29 is 4.92 Å². The molecule has 0 spiro atoms. The van der Waals surface area contributed by atoms with Gasteiger partial charge in [0.1, 0.15) is 0 Å². The van der Waals surface area contributed by atoms with Gasteiger partial charge >= 0.3 is 0 Å². The fourth-order valence-corrected chi connectivity index (χ4v) is 3.44. The molecule has 0 saturated carbocycles. The summed E-state index contributed by atoms with van der Waals surface area (Å²) in [5.41, 5.74) is 1.26. The number of hydrogen-bond donors (Lipinski definition) is 1. The zero-order chi connectivity index (χ0) is 15.4. The van der Waals surface area contributed by atoms with Crippen molar-refractivity contribution in [3.8, 4) is 0 Å². The molecule has 1 heterocycles. The van der Waals surface area contributed by atoms with Gasteiger partial charge in [0.2, 0.25) is 0 Å². The van der Waals surface area contributed by atoms with Gasteiger partial charge in [0.25, 0.3) is 5.69 Å². The van der Waals surface area contributed by atoms with E-state index in [9.17, 15) is 10.1 Å². The summed E-state index contributed by atoms with van der Waals surface area (Å²) in [7, 11) is 0. The molecule has 2 rings (SSSR count). The molecule has 0 aliphatic carbocycles. The van der Waals surface area contributed by atoms with Crippen molar-refractivity contribution in [2.75, 3.05) is 24.5 Å². The van der Waals surface area contributed by atoms with Crippen LogP contribution >= 0.6 is 22.6 Å². The highest BCUT2D eigenvalue weighted by molar-refractivity contribution is 14.1. The van der Waals surface area contributed by atoms with Gasteiger partial charge in [-0.1, -0.05) is 13.8 Å². The molecule has 1 aromatic carbocycles. The first-order chi connectivity index (χ1) is 9.97. The van der Waals surface area contributed by atoms with Gasteiger partial charge in [-0.3, -0.25) is 10.1 Å². The minimum absolute atomic E-state index is 0.183. The summed E-state index contributed by atoms with van der Waals surface area (Å²) in [6.45, 7) is 7.42. The van der Waals surface area contributed by atoms with Crippen molar-refractivity contribution in [2.45, 2.75) is 32.7 Å². The number of hydrogen-bond acceptors (Lipinski definition) is 4. The maximum atomic E-state index is 10.9. The number of halogens is 1. The number of rotatable bonds is 6. The second-order valence-corrected chi connectivity index (χ2v) is 7.15. The highest BCUT2D eigenvalue weighted by Gasteiger charge is 2.20. The van der Waals surface area contributed by atoms with Crippen LogP contribution in [0.25, 0.3) is 0 Å². The molecular formula is C15H22IN3O2. The fourth-order valence-electron chi connectivity index (χ4n) is 2.75. The van der Waals surface area contributed by atoms with Gasteiger partial charge < -0.3 is 10.2 Å². The van der Waals surface area contributed by atoms with Gasteiger partial charge in [-0.2, -0.15) is 0 Å². The molecule has 1 aliphatic heterocycles. The summed E-state index contributed by atoms with van der Waals surface area (Å²) < 4.78 is 0.697. The molecule has 1 saturated heterocycles. The summed E-state index contributed by atoms with van der Waals surface area (Å²) in [6.07, 6.45) is 2.44. The Balaban J connectivity index is 2.18. The second-order valence-electron chi connectivity index (χ2n) is 5.98. The van der Waals surface area contributed by atoms with E-state index in [2.05, 4.69) is 24.1 Å². The highest BCUT2D eigenvalue weighted by atomic mass is 127. The number of nitro benzene ring substituents is 1. The zero-order valence-electron chi connectivity index (χ0n) is 12.5. The lowest BCUT2D eigenvalue weighted by molar-refractivity contribution is -0.385. The maximum Gasteiger partial charge on any atom is 0.282 e. The Morgan fingerprint density at radius 3 is 2.81 bits per heavy atom. The number of anilines is 1. The molecular weight excluding hydrogens is 381 g/mol. The van der Waals surface area contributed by atoms with E-state index in [1.165, 1.54) is 12.8 Å². The van der Waals surface area contributed by atoms with Gasteiger partial charge in [0, 0.05) is 30.9 Å². The Bertz CT molecular complexity index is 502. The van der Waals surface area contributed by atoms with Crippen molar-refractivity contribution >= 4 is 34.0 Å². The first-order valence-electron chi connectivity index (χ1n) is 7.39. The average molecular weight is 403 g/mol. The van der Waals surface area contributed by atoms with Gasteiger partial charge in [0.15, 0.2) is 0 Å². The maximum absolute atomic E-state index is 10.9. The average Bonchev–Trinajstić information content (AvgIpc) is 2.89. The van der Waals surface area contributed by atoms with E-state index in [1.54, 1.807) is 6.07 Å². The molecule has 0 bridgehead atoms. The lowest BCUT2D eigenvalue weighted by atomic mass is 10.1. The Labute approximate surface area is 139 Å². The first kappa shape index (κ1) is 16.5. The molecule has 1 fully saturated rings. The van der Waals surface area contributed by atoms with Crippen LogP contribution in [0.2, 0.25) is 0 Å². The van der Waals surface area contributed by atoms with Crippen molar-refractivity contribution in [3.63, 3.8) is 0 Å². The minimum atomic E-state index is -0.323. The van der Waals surface area contributed by atoms with E-state index in [0.29, 0.717) is 15.5 Å². The molecule has 1 unspecified atom stereocenters. The Hall–Kier alpha value is -0.890. The number of nitrogens with one attached hydrogen (secondary N) is 1. The van der Waals surface area contributed by atoms with Gasteiger partial charge in [-0.25, -0.2) is 0 Å². The third-order valence-corrected chi connectivity index (χ3v) is 4.55. The largest absolute Gasteiger partial charge is 0.370 e. The zero-order valence-corrected chi connectivity index (χ0v) is 14.7. The van der Waals surface area contributed by atoms with E-state index in [1.807, 2.05) is 34.7 Å². The molecule has 0 radical (unpaired) electrons. The quantitative estimate of drug-likeness (QED) is 0.449. The topological polar surface area (TPSA) is 58.4 Å². The van der Waals surface area contributed by atoms with Gasteiger partial charge in [0.05, 0.1) is 8.49 Å². The lowest BCUT2D eigenvalue weighted by Gasteiger charge is -2.29. The fraction of sp³-hybridized carbons (Fsp3) is 0.600. The predicted molar refractivity (Wildman–Crippen MR) is 93.9 cm³/mol. The second kappa shape index (κ2) is 7.40. The van der Waals surface area contributed by atoms with Crippen LogP contribution in [0.15, 0.2) is 18.2 Å². The summed E-state index contributed by atoms with van der Waals surface area (Å²) in [5.74, 6) is 0.555. The molecule has 1 aliphatic rings. The van der Waals surface area contributed by atoms with Crippen LogP contribution in [-0.2, 0) is 0 Å². The van der Waals surface area contributed by atoms with E-state index in [-0.39, 0.29) is 10.6 Å². The van der Waals surface area contributed by atoms with Crippen molar-refractivity contribution in [1.29, 1.82) is 0 Å². The molecule has 0 aromatic heterocycles. The van der Waals surface area contributed by atoms with E-state index in [4.69, 9.17) is 0 Å². The van der Waals surface area contributed by atoms with Gasteiger partial charge in [-0.05, 0) is 60.0 Å². The Kier molecular flexibility index (Phi) is 5.80. The molecule has 1 N–H and O–H groups in total. The highest BCUT2D eigenvalue weighted by Crippen LogP contribution is 2.27. The number of nitrogens with zero attached hydrogens (tertiary/aromatic N) is 2. The normalized spacial score (nSPS) is 18.2. The smallest absolute Gasteiger partial charge is 0.282 e. The molecule has 1 aromatic rings. The first-order valence-corrected chi connectivity index (χ1v) is 8.47. The summed E-state index contributed by atoms with van der Waals surface area (Å²) in [4.78, 5) is 13.0. The summed E-state index contributed by atoms with van der Waals surface area (Å²) in [5, 5.41) is 14.5. The van der Waals surface area contributed by atoms with E-state index >= 15 is 0 Å². The van der Waals surface area contributed by atoms with Crippen molar-refractivity contribution in [2.24, 2.45) is 5.92 Å². The third-order valence-electron chi connectivity index (χ3n) is 3.68. The van der Waals surface area contributed by atoms with Crippen LogP contribution in [0.4, 0.5) is 11.4 Å². The minimum Gasteiger partial charge on any atom is -0.370 e. The SMILES string of the molecule is CC(C)CN(CC1CCCN1)c1ccc([N+](=O)[O-])c(I)c1. The predicted octanol–water partition coefficient (Wildman–Crippen LogP) is 3.41. The summed E-state index contributed by atoms with van der Waals surface area (Å²) in [6, 6.07) is 5.94. The number of benzene rings is 1. The molecule has 5 nitrogen and oxygen atoms in total. The summed E-state index contributed by atoms with van der Waals surface area (Å²) >= 11 is 2.05. The van der Waals surface area contributed by atoms with Crippen LogP contribution in [-0.4, -0.2) is 30.6 Å². The Morgan fingerprint density at radius 1 is 1.52 bits per heavy atom. The molecule has 0 amide bonds. The molecule has 1 atom stereocenters.